The fraction of sp³-hybridized carbons (Fsp3) is 0.455. The van der Waals surface area contributed by atoms with Crippen molar-refractivity contribution in [3.63, 3.8) is 0 Å². The number of hydrogen-bond acceptors (Lipinski definition) is 6. The lowest BCUT2D eigenvalue weighted by molar-refractivity contribution is 0.0398. The number of aromatic nitrogens is 1. The van der Waals surface area contributed by atoms with Crippen LogP contribution in [0.4, 0.5) is 11.5 Å². The van der Waals surface area contributed by atoms with Crippen LogP contribution in [0, 0.1) is 0 Å². The molecule has 29 heavy (non-hydrogen) atoms. The Hall–Kier alpha value is -2.64. The van der Waals surface area contributed by atoms with E-state index in [-0.39, 0.29) is 5.91 Å². The lowest BCUT2D eigenvalue weighted by Gasteiger charge is -2.36. The Morgan fingerprint density at radius 2 is 1.76 bits per heavy atom. The minimum atomic E-state index is 0.0799. The summed E-state index contributed by atoms with van der Waals surface area (Å²) < 4.78 is 5.38. The van der Waals surface area contributed by atoms with Gasteiger partial charge in [-0.05, 0) is 24.3 Å². The smallest absolute Gasteiger partial charge is 0.254 e. The molecule has 0 saturated carbocycles. The van der Waals surface area contributed by atoms with Gasteiger partial charge in [-0.3, -0.25) is 9.69 Å². The van der Waals surface area contributed by atoms with Crippen molar-refractivity contribution < 1.29 is 9.53 Å². The SMILES string of the molecule is O=C(c1ccnc(NCCN2CCOCC2)c1)N1CCN(c2ccccc2)CC1. The van der Waals surface area contributed by atoms with Crippen molar-refractivity contribution in [2.24, 2.45) is 0 Å². The maximum Gasteiger partial charge on any atom is 0.254 e. The van der Waals surface area contributed by atoms with E-state index in [1.54, 1.807) is 12.3 Å². The molecule has 4 rings (SSSR count). The van der Waals surface area contributed by atoms with Crippen LogP contribution in [0.3, 0.4) is 0 Å². The number of amides is 1. The number of para-hydroxylation sites is 1. The highest BCUT2D eigenvalue weighted by Crippen LogP contribution is 2.17. The molecule has 1 amide bonds. The van der Waals surface area contributed by atoms with Crippen LogP contribution in [0.25, 0.3) is 0 Å². The third kappa shape index (κ3) is 5.25. The number of benzene rings is 1. The van der Waals surface area contributed by atoms with Gasteiger partial charge >= 0.3 is 0 Å². The minimum Gasteiger partial charge on any atom is -0.379 e. The molecular formula is C22H29N5O2. The number of hydrogen-bond donors (Lipinski definition) is 1. The number of anilines is 2. The van der Waals surface area contributed by atoms with Gasteiger partial charge in [0.1, 0.15) is 5.82 Å². The van der Waals surface area contributed by atoms with Gasteiger partial charge in [0, 0.05) is 69.8 Å². The highest BCUT2D eigenvalue weighted by atomic mass is 16.5. The first-order chi connectivity index (χ1) is 14.3. The first-order valence-corrected chi connectivity index (χ1v) is 10.4. The predicted octanol–water partition coefficient (Wildman–Crippen LogP) is 1.79. The van der Waals surface area contributed by atoms with E-state index < -0.39 is 0 Å². The number of nitrogens with one attached hydrogen (secondary N) is 1. The van der Waals surface area contributed by atoms with Crippen molar-refractivity contribution in [1.82, 2.24) is 14.8 Å². The lowest BCUT2D eigenvalue weighted by atomic mass is 10.2. The molecule has 0 bridgehead atoms. The Labute approximate surface area is 172 Å². The maximum absolute atomic E-state index is 12.9. The predicted molar refractivity (Wildman–Crippen MR) is 115 cm³/mol. The van der Waals surface area contributed by atoms with Gasteiger partial charge in [0.15, 0.2) is 0 Å². The van der Waals surface area contributed by atoms with Gasteiger partial charge in [-0.2, -0.15) is 0 Å². The molecule has 0 unspecified atom stereocenters. The Morgan fingerprint density at radius 1 is 1.00 bits per heavy atom. The van der Waals surface area contributed by atoms with Gasteiger partial charge in [-0.15, -0.1) is 0 Å². The Morgan fingerprint density at radius 3 is 2.52 bits per heavy atom. The molecule has 0 atom stereocenters. The van der Waals surface area contributed by atoms with E-state index in [9.17, 15) is 4.79 Å². The second-order valence-corrected chi connectivity index (χ2v) is 7.43. The van der Waals surface area contributed by atoms with Crippen LogP contribution in [-0.4, -0.2) is 86.3 Å². The Balaban J connectivity index is 1.28. The molecule has 2 aliphatic rings. The third-order valence-corrected chi connectivity index (χ3v) is 5.53. The number of carbonyl (C=O) groups excluding carboxylic acids is 1. The molecule has 2 fully saturated rings. The fourth-order valence-electron chi connectivity index (χ4n) is 3.82. The Kier molecular flexibility index (Phi) is 6.59. The van der Waals surface area contributed by atoms with Gasteiger partial charge in [-0.1, -0.05) is 18.2 Å². The number of ether oxygens (including phenoxy) is 1. The van der Waals surface area contributed by atoms with Gasteiger partial charge in [0.2, 0.25) is 0 Å². The normalized spacial score (nSPS) is 17.9. The summed E-state index contributed by atoms with van der Waals surface area (Å²) in [7, 11) is 0. The second kappa shape index (κ2) is 9.71. The van der Waals surface area contributed by atoms with Crippen LogP contribution in [0.15, 0.2) is 48.7 Å². The molecule has 1 aromatic heterocycles. The molecular weight excluding hydrogens is 366 g/mol. The number of rotatable bonds is 6. The summed E-state index contributed by atoms with van der Waals surface area (Å²) in [5.74, 6) is 0.836. The topological polar surface area (TPSA) is 60.9 Å². The molecule has 1 N–H and O–H groups in total. The average molecular weight is 396 g/mol. The van der Waals surface area contributed by atoms with Gasteiger partial charge in [0.05, 0.1) is 13.2 Å². The summed E-state index contributed by atoms with van der Waals surface area (Å²) in [6.07, 6.45) is 1.71. The molecule has 2 aromatic rings. The summed E-state index contributed by atoms with van der Waals surface area (Å²) in [6, 6.07) is 14.0. The standard InChI is InChI=1S/C22H29N5O2/c28-22(27-12-10-26(11-13-27)20-4-2-1-3-5-20)19-6-7-23-21(18-19)24-8-9-25-14-16-29-17-15-25/h1-7,18H,8-17H2,(H,23,24). The van der Waals surface area contributed by atoms with E-state index in [0.29, 0.717) is 5.56 Å². The van der Waals surface area contributed by atoms with Gasteiger partial charge < -0.3 is 19.9 Å². The highest BCUT2D eigenvalue weighted by Gasteiger charge is 2.22. The molecule has 3 heterocycles. The fourth-order valence-corrected chi connectivity index (χ4v) is 3.82. The molecule has 2 saturated heterocycles. The number of pyridine rings is 1. The van der Waals surface area contributed by atoms with Crippen LogP contribution in [-0.2, 0) is 4.74 Å². The van der Waals surface area contributed by atoms with Crippen molar-refractivity contribution in [2.75, 3.05) is 75.8 Å². The van der Waals surface area contributed by atoms with Gasteiger partial charge in [-0.25, -0.2) is 4.98 Å². The lowest BCUT2D eigenvalue weighted by Crippen LogP contribution is -2.48. The van der Waals surface area contributed by atoms with E-state index >= 15 is 0 Å². The average Bonchev–Trinajstić information content (AvgIpc) is 2.80. The van der Waals surface area contributed by atoms with E-state index in [1.165, 1.54) is 5.69 Å². The van der Waals surface area contributed by atoms with Crippen molar-refractivity contribution in [3.05, 3.63) is 54.2 Å². The Bertz CT molecular complexity index is 787. The number of carbonyl (C=O) groups is 1. The van der Waals surface area contributed by atoms with Crippen LogP contribution in [0.1, 0.15) is 10.4 Å². The third-order valence-electron chi connectivity index (χ3n) is 5.53. The van der Waals surface area contributed by atoms with Gasteiger partial charge in [0.25, 0.3) is 5.91 Å². The summed E-state index contributed by atoms with van der Waals surface area (Å²) in [4.78, 5) is 24.0. The summed E-state index contributed by atoms with van der Waals surface area (Å²) >= 11 is 0. The first-order valence-electron chi connectivity index (χ1n) is 10.4. The molecule has 1 aromatic carbocycles. The van der Waals surface area contributed by atoms with Crippen LogP contribution in [0.5, 0.6) is 0 Å². The van der Waals surface area contributed by atoms with E-state index in [2.05, 4.69) is 44.4 Å². The highest BCUT2D eigenvalue weighted by molar-refractivity contribution is 5.95. The molecule has 7 nitrogen and oxygen atoms in total. The summed E-state index contributed by atoms with van der Waals surface area (Å²) in [5.41, 5.74) is 1.91. The quantitative estimate of drug-likeness (QED) is 0.805. The monoisotopic (exact) mass is 395 g/mol. The van der Waals surface area contributed by atoms with Crippen LogP contribution in [0.2, 0.25) is 0 Å². The zero-order valence-corrected chi connectivity index (χ0v) is 16.8. The molecule has 2 aliphatic heterocycles. The zero-order chi connectivity index (χ0) is 19.9. The van der Waals surface area contributed by atoms with E-state index in [4.69, 9.17) is 4.74 Å². The van der Waals surface area contributed by atoms with Crippen LogP contribution < -0.4 is 10.2 Å². The van der Waals surface area contributed by atoms with E-state index in [1.807, 2.05) is 17.0 Å². The molecule has 0 aliphatic carbocycles. The van der Waals surface area contributed by atoms with Crippen molar-refractivity contribution >= 4 is 17.4 Å². The number of nitrogens with zero attached hydrogens (tertiary/aromatic N) is 4. The van der Waals surface area contributed by atoms with Crippen molar-refractivity contribution in [1.29, 1.82) is 0 Å². The largest absolute Gasteiger partial charge is 0.379 e. The first kappa shape index (κ1) is 19.7. The molecule has 0 radical (unpaired) electrons. The molecule has 0 spiro atoms. The van der Waals surface area contributed by atoms with Crippen LogP contribution >= 0.6 is 0 Å². The number of morpholine rings is 1. The molecule has 7 heteroatoms. The second-order valence-electron chi connectivity index (χ2n) is 7.43. The summed E-state index contributed by atoms with van der Waals surface area (Å²) in [5, 5.41) is 3.35. The molecule has 154 valence electrons. The number of piperazine rings is 1. The summed E-state index contributed by atoms with van der Waals surface area (Å²) in [6.45, 7) is 8.48. The maximum atomic E-state index is 12.9. The zero-order valence-electron chi connectivity index (χ0n) is 16.8. The minimum absolute atomic E-state index is 0.0799. The van der Waals surface area contributed by atoms with E-state index in [0.717, 1.165) is 71.4 Å². The van der Waals surface area contributed by atoms with Crippen molar-refractivity contribution in [2.45, 2.75) is 0 Å². The van der Waals surface area contributed by atoms with Crippen molar-refractivity contribution in [3.8, 4) is 0 Å².